The minimum Gasteiger partial charge on any atom is -0.313 e. The number of benzene rings is 1. The molecule has 1 heterocycles. The number of anilines is 1. The number of rotatable bonds is 7. The lowest BCUT2D eigenvalue weighted by Crippen LogP contribution is -2.30. The summed E-state index contributed by atoms with van der Waals surface area (Å²) in [5.74, 6) is -0.951. The van der Waals surface area contributed by atoms with E-state index in [4.69, 9.17) is 0 Å². The van der Waals surface area contributed by atoms with E-state index in [-0.39, 0.29) is 29.5 Å². The Balaban J connectivity index is 0.00000338. The molecule has 2 rings (SSSR count). The van der Waals surface area contributed by atoms with E-state index >= 15 is 0 Å². The highest BCUT2D eigenvalue weighted by molar-refractivity contribution is 7.93. The molecule has 0 saturated heterocycles. The van der Waals surface area contributed by atoms with Gasteiger partial charge < -0.3 is 5.32 Å². The minimum absolute atomic E-state index is 0. The first-order chi connectivity index (χ1) is 11.6. The fourth-order valence-corrected chi connectivity index (χ4v) is 3.87. The maximum absolute atomic E-state index is 14.1. The van der Waals surface area contributed by atoms with Gasteiger partial charge in [0.25, 0.3) is 0 Å². The Morgan fingerprint density at radius 3 is 2.46 bits per heavy atom. The SMILES string of the molecule is CC(C)S(=O)(=O)Nc1ccc(S(=O)(=O)NCC2=CCNCC2)cc1F.Cl. The largest absolute Gasteiger partial charge is 0.313 e. The maximum Gasteiger partial charge on any atom is 0.240 e. The van der Waals surface area contributed by atoms with Crippen molar-refractivity contribution in [2.45, 2.75) is 30.4 Å². The molecule has 0 bridgehead atoms. The van der Waals surface area contributed by atoms with Gasteiger partial charge in [-0.3, -0.25) is 4.72 Å². The molecular weight excluding hydrogens is 405 g/mol. The fraction of sp³-hybridized carbons (Fsp3) is 0.467. The van der Waals surface area contributed by atoms with Crippen molar-refractivity contribution in [3.05, 3.63) is 35.7 Å². The van der Waals surface area contributed by atoms with Crippen molar-refractivity contribution >= 4 is 38.1 Å². The summed E-state index contributed by atoms with van der Waals surface area (Å²) >= 11 is 0. The molecule has 1 aromatic carbocycles. The van der Waals surface area contributed by atoms with Crippen LogP contribution in [-0.2, 0) is 20.0 Å². The second-order valence-electron chi connectivity index (χ2n) is 5.98. The van der Waals surface area contributed by atoms with Crippen molar-refractivity contribution in [1.82, 2.24) is 10.0 Å². The normalized spacial score (nSPS) is 15.3. The fourth-order valence-electron chi connectivity index (χ4n) is 2.12. The van der Waals surface area contributed by atoms with Crippen LogP contribution in [0.3, 0.4) is 0 Å². The predicted molar refractivity (Wildman–Crippen MR) is 102 cm³/mol. The van der Waals surface area contributed by atoms with E-state index in [1.54, 1.807) is 0 Å². The van der Waals surface area contributed by atoms with Crippen molar-refractivity contribution in [3.8, 4) is 0 Å². The first-order valence-corrected chi connectivity index (χ1v) is 10.8. The van der Waals surface area contributed by atoms with Crippen molar-refractivity contribution in [2.24, 2.45) is 0 Å². The first kappa shape index (κ1) is 22.8. The van der Waals surface area contributed by atoms with Gasteiger partial charge in [-0.1, -0.05) is 11.6 Å². The molecule has 1 aliphatic heterocycles. The monoisotopic (exact) mass is 427 g/mol. The molecule has 7 nitrogen and oxygen atoms in total. The molecule has 0 fully saturated rings. The van der Waals surface area contributed by atoms with Gasteiger partial charge >= 0.3 is 0 Å². The Hall–Kier alpha value is -1.20. The molecule has 0 unspecified atom stereocenters. The second kappa shape index (κ2) is 9.14. The van der Waals surface area contributed by atoms with Gasteiger partial charge in [-0.05, 0) is 45.0 Å². The average molecular weight is 428 g/mol. The molecule has 1 aliphatic rings. The van der Waals surface area contributed by atoms with Gasteiger partial charge in [0, 0.05) is 13.1 Å². The standard InChI is InChI=1S/C15H22FN3O4S2.ClH/c1-11(2)24(20,21)19-15-4-3-13(9-14(15)16)25(22,23)18-10-12-5-7-17-8-6-12;/h3-5,9,11,17-19H,6-8,10H2,1-2H3;1H. The Bertz CT molecular complexity index is 871. The molecule has 0 saturated carbocycles. The topological polar surface area (TPSA) is 104 Å². The van der Waals surface area contributed by atoms with Crippen molar-refractivity contribution in [1.29, 1.82) is 0 Å². The van der Waals surface area contributed by atoms with Crippen LogP contribution in [-0.4, -0.2) is 41.7 Å². The van der Waals surface area contributed by atoms with E-state index in [0.29, 0.717) is 6.54 Å². The molecule has 1 aromatic rings. The summed E-state index contributed by atoms with van der Waals surface area (Å²) < 4.78 is 66.8. The molecule has 0 aromatic heterocycles. The lowest BCUT2D eigenvalue weighted by atomic mass is 10.1. The molecule has 11 heteroatoms. The third-order valence-corrected chi connectivity index (χ3v) is 6.92. The number of hydrogen-bond donors (Lipinski definition) is 3. The van der Waals surface area contributed by atoms with E-state index in [1.807, 2.05) is 6.08 Å². The Kier molecular flexibility index (Phi) is 8.03. The highest BCUT2D eigenvalue weighted by Crippen LogP contribution is 2.21. The van der Waals surface area contributed by atoms with Crippen LogP contribution in [0.15, 0.2) is 34.7 Å². The van der Waals surface area contributed by atoms with Crippen LogP contribution < -0.4 is 14.8 Å². The number of hydrogen-bond acceptors (Lipinski definition) is 5. The van der Waals surface area contributed by atoms with Crippen LogP contribution in [0.4, 0.5) is 10.1 Å². The summed E-state index contributed by atoms with van der Waals surface area (Å²) in [6.07, 6.45) is 2.66. The lowest BCUT2D eigenvalue weighted by Gasteiger charge is -2.15. The molecule has 0 radical (unpaired) electrons. The van der Waals surface area contributed by atoms with Crippen LogP contribution in [0, 0.1) is 5.82 Å². The molecule has 0 atom stereocenters. The van der Waals surface area contributed by atoms with Crippen LogP contribution in [0.2, 0.25) is 0 Å². The van der Waals surface area contributed by atoms with E-state index in [1.165, 1.54) is 19.9 Å². The Labute approximate surface area is 160 Å². The molecule has 148 valence electrons. The zero-order chi connectivity index (χ0) is 18.7. The zero-order valence-electron chi connectivity index (χ0n) is 14.5. The Morgan fingerprint density at radius 1 is 1.23 bits per heavy atom. The predicted octanol–water partition coefficient (Wildman–Crippen LogP) is 1.60. The van der Waals surface area contributed by atoms with Crippen molar-refractivity contribution in [3.63, 3.8) is 0 Å². The van der Waals surface area contributed by atoms with Gasteiger partial charge in [0.15, 0.2) is 0 Å². The molecule has 3 N–H and O–H groups in total. The van der Waals surface area contributed by atoms with E-state index < -0.39 is 31.1 Å². The summed E-state index contributed by atoms with van der Waals surface area (Å²) in [5.41, 5.74) is 0.679. The third-order valence-electron chi connectivity index (χ3n) is 3.77. The van der Waals surface area contributed by atoms with Crippen molar-refractivity contribution in [2.75, 3.05) is 24.4 Å². The summed E-state index contributed by atoms with van der Waals surface area (Å²) in [5, 5.41) is 2.38. The summed E-state index contributed by atoms with van der Waals surface area (Å²) in [6, 6.07) is 3.07. The van der Waals surface area contributed by atoms with Gasteiger partial charge in [0.2, 0.25) is 20.0 Å². The third kappa shape index (κ3) is 5.92. The van der Waals surface area contributed by atoms with Crippen LogP contribution in [0.1, 0.15) is 20.3 Å². The first-order valence-electron chi connectivity index (χ1n) is 7.81. The van der Waals surface area contributed by atoms with Gasteiger partial charge in [0.05, 0.1) is 15.8 Å². The maximum atomic E-state index is 14.1. The van der Waals surface area contributed by atoms with Crippen molar-refractivity contribution < 1.29 is 21.2 Å². The molecular formula is C15H23ClFN3O4S2. The zero-order valence-corrected chi connectivity index (χ0v) is 16.9. The van der Waals surface area contributed by atoms with Gasteiger partial charge in [-0.15, -0.1) is 12.4 Å². The van der Waals surface area contributed by atoms with Crippen LogP contribution >= 0.6 is 12.4 Å². The van der Waals surface area contributed by atoms with Crippen LogP contribution in [0.5, 0.6) is 0 Å². The summed E-state index contributed by atoms with van der Waals surface area (Å²) in [4.78, 5) is -0.257. The van der Waals surface area contributed by atoms with E-state index in [0.717, 1.165) is 30.7 Å². The van der Waals surface area contributed by atoms with E-state index in [9.17, 15) is 21.2 Å². The van der Waals surface area contributed by atoms with Gasteiger partial charge in [-0.2, -0.15) is 0 Å². The molecule has 0 amide bonds. The Morgan fingerprint density at radius 2 is 1.92 bits per heavy atom. The quantitative estimate of drug-likeness (QED) is 0.573. The molecule has 0 aliphatic carbocycles. The smallest absolute Gasteiger partial charge is 0.240 e. The second-order valence-corrected chi connectivity index (χ2v) is 9.98. The highest BCUT2D eigenvalue weighted by Gasteiger charge is 2.20. The molecule has 0 spiro atoms. The number of halogens is 2. The van der Waals surface area contributed by atoms with Gasteiger partial charge in [0.1, 0.15) is 5.82 Å². The minimum atomic E-state index is -3.89. The number of sulfonamides is 2. The summed E-state index contributed by atoms with van der Waals surface area (Å²) in [6.45, 7) is 4.55. The lowest BCUT2D eigenvalue weighted by molar-refractivity contribution is 0.578. The number of nitrogens with one attached hydrogen (secondary N) is 3. The van der Waals surface area contributed by atoms with Gasteiger partial charge in [-0.25, -0.2) is 25.9 Å². The average Bonchev–Trinajstić information content (AvgIpc) is 2.55. The van der Waals surface area contributed by atoms with Crippen LogP contribution in [0.25, 0.3) is 0 Å². The summed E-state index contributed by atoms with van der Waals surface area (Å²) in [7, 11) is -7.60. The molecule has 26 heavy (non-hydrogen) atoms. The van der Waals surface area contributed by atoms with E-state index in [2.05, 4.69) is 14.8 Å². The highest BCUT2D eigenvalue weighted by atomic mass is 35.5.